The first-order chi connectivity index (χ1) is 4.50. The summed E-state index contributed by atoms with van der Waals surface area (Å²) in [5.74, 6) is 0. The molecule has 1 aromatic rings. The van der Waals surface area contributed by atoms with Crippen molar-refractivity contribution in [2.45, 2.75) is 0 Å². The van der Waals surface area contributed by atoms with Crippen molar-refractivity contribution in [1.29, 1.82) is 0 Å². The average Bonchev–Trinajstić information content (AvgIpc) is 2.07. The molecule has 0 aliphatic carbocycles. The third kappa shape index (κ3) is 25.6. The van der Waals surface area contributed by atoms with E-state index in [1.54, 1.807) is 0 Å². The fourth-order valence-corrected chi connectivity index (χ4v) is 0.112. The van der Waals surface area contributed by atoms with Gasteiger partial charge in [-0.1, -0.05) is 5.21 Å². The van der Waals surface area contributed by atoms with E-state index in [0.29, 0.717) is 6.26 Å². The van der Waals surface area contributed by atoms with Crippen LogP contribution in [0.2, 0.25) is 0 Å². The molecule has 1 aromatic heterocycles. The van der Waals surface area contributed by atoms with E-state index in [-0.39, 0.29) is 29.6 Å². The molecule has 7 nitrogen and oxygen atoms in total. The summed E-state index contributed by atoms with van der Waals surface area (Å²) < 4.78 is 25.9. The summed E-state index contributed by atoms with van der Waals surface area (Å²) >= 11 is 0. The first-order valence-electron chi connectivity index (χ1n) is 2.02. The van der Waals surface area contributed by atoms with Crippen LogP contribution in [0.3, 0.4) is 0 Å². The van der Waals surface area contributed by atoms with Gasteiger partial charge in [0.25, 0.3) is 10.1 Å². The number of nitrogens with one attached hydrogen (secondary N) is 1. The molecule has 58 valence electrons. The smallest absolute Gasteiger partial charge is 0.357 e. The summed E-state index contributed by atoms with van der Waals surface area (Å²) in [5, 5.41) is 11.8. The summed E-state index contributed by atoms with van der Waals surface area (Å²) in [6.07, 6.45) is 2.91. The molecular weight excluding hydrogens is 183 g/mol. The van der Waals surface area contributed by atoms with Gasteiger partial charge < -0.3 is 10.2 Å². The maximum absolute atomic E-state index is 9.19. The molecule has 2 N–H and O–H groups in total. The first kappa shape index (κ1) is 13.6. The molecule has 0 bridgehead atoms. The maximum atomic E-state index is 9.19. The zero-order valence-electron chi connectivity index (χ0n) is 6.01. The van der Waals surface area contributed by atoms with Crippen LogP contribution < -0.4 is 29.6 Å². The molecule has 0 saturated heterocycles. The van der Waals surface area contributed by atoms with Crippen LogP contribution in [0.5, 0.6) is 0 Å². The summed E-state index contributed by atoms with van der Waals surface area (Å²) in [5.41, 5.74) is 0. The van der Waals surface area contributed by atoms with E-state index in [2.05, 4.69) is 27.0 Å². The predicted octanol–water partition coefficient (Wildman–Crippen LogP) is -4.49. The fraction of sp³-hybridized carbons (Fsp3) is 0.500. The van der Waals surface area contributed by atoms with Gasteiger partial charge in [-0.25, -0.2) is 11.5 Å². The monoisotopic (exact) mass is 188 g/mol. The topological polar surface area (TPSA) is 109 Å². The van der Waals surface area contributed by atoms with Gasteiger partial charge in [-0.15, -0.1) is 0 Å². The van der Waals surface area contributed by atoms with Crippen molar-refractivity contribution in [1.82, 2.24) is 20.6 Å². The number of nitrogens with zero attached hydrogens (tertiary/aromatic N) is 3. The molecule has 11 heavy (non-hydrogen) atoms. The average molecular weight is 188 g/mol. The van der Waals surface area contributed by atoms with Crippen LogP contribution in [0, 0.1) is 6.33 Å². The Morgan fingerprint density at radius 3 is 2.09 bits per heavy atom. The van der Waals surface area contributed by atoms with Crippen molar-refractivity contribution >= 4 is 10.1 Å². The number of rotatable bonds is 0. The Bertz CT molecular complexity index is 219. The van der Waals surface area contributed by atoms with Crippen molar-refractivity contribution in [3.63, 3.8) is 0 Å². The van der Waals surface area contributed by atoms with Crippen molar-refractivity contribution in [2.24, 2.45) is 0 Å². The minimum atomic E-state index is -3.67. The third-order valence-electron chi connectivity index (χ3n) is 0.239. The van der Waals surface area contributed by atoms with Crippen molar-refractivity contribution in [2.75, 3.05) is 6.26 Å². The second-order valence-corrected chi connectivity index (χ2v) is 2.71. The second-order valence-electron chi connectivity index (χ2n) is 1.24. The third-order valence-corrected chi connectivity index (χ3v) is 0.239. The zero-order chi connectivity index (χ0) is 8.04. The van der Waals surface area contributed by atoms with Gasteiger partial charge in [0, 0.05) is 0 Å². The number of hydrogen-bond acceptors (Lipinski definition) is 5. The Labute approximate surface area is 85.6 Å². The Hall–Kier alpha value is -0.0200. The van der Waals surface area contributed by atoms with Gasteiger partial charge in [0.2, 0.25) is 0 Å². The van der Waals surface area contributed by atoms with E-state index >= 15 is 0 Å². The maximum Gasteiger partial charge on any atom is 1.00 e. The van der Waals surface area contributed by atoms with Crippen LogP contribution >= 0.6 is 0 Å². The molecule has 1 heterocycles. The number of aromatic amines is 1. The van der Waals surface area contributed by atoms with Crippen LogP contribution in [0.25, 0.3) is 0 Å². The van der Waals surface area contributed by atoms with E-state index in [4.69, 9.17) is 4.55 Å². The molecule has 9 heteroatoms. The van der Waals surface area contributed by atoms with E-state index in [9.17, 15) is 8.42 Å². The summed E-state index contributed by atoms with van der Waals surface area (Å²) in [4.78, 5) is 0. The minimum absolute atomic E-state index is 0. The van der Waals surface area contributed by atoms with Crippen LogP contribution in [-0.2, 0) is 10.1 Å². The Morgan fingerprint density at radius 1 is 1.55 bits per heavy atom. The van der Waals surface area contributed by atoms with Gasteiger partial charge in [-0.05, 0) is 0 Å². The summed E-state index contributed by atoms with van der Waals surface area (Å²) in [7, 11) is -3.67. The van der Waals surface area contributed by atoms with Gasteiger partial charge in [-0.3, -0.25) is 4.55 Å². The van der Waals surface area contributed by atoms with E-state index in [1.165, 1.54) is 0 Å². The standard InChI is InChI=1S/CHN4.CH4O3S.Na/c1-2-4-5-3-1;1-5(2,3)4;/h(H,2,3,4,5);1H3,(H,2,3,4);/q-1;;+1. The Morgan fingerprint density at radius 2 is 2.00 bits per heavy atom. The summed E-state index contributed by atoms with van der Waals surface area (Å²) in [6, 6.07) is 0. The molecule has 0 unspecified atom stereocenters. The predicted molar refractivity (Wildman–Crippen MR) is 30.5 cm³/mol. The minimum Gasteiger partial charge on any atom is -0.357 e. The molecule has 1 rings (SSSR count). The van der Waals surface area contributed by atoms with E-state index < -0.39 is 10.1 Å². The summed E-state index contributed by atoms with van der Waals surface area (Å²) in [6.45, 7) is 0. The fourth-order valence-electron chi connectivity index (χ4n) is 0.112. The largest absolute Gasteiger partial charge is 1.00 e. The van der Waals surface area contributed by atoms with Gasteiger partial charge >= 0.3 is 29.6 Å². The molecular formula is C2H5N4NaO3S. The SMILES string of the molecule is CS(=O)(=O)O.[Na+].[c-]1nn[nH]n1. The van der Waals surface area contributed by atoms with Crippen molar-refractivity contribution in [3.05, 3.63) is 6.33 Å². The molecule has 0 radical (unpaired) electrons. The normalized spacial score (nSPS) is 8.91. The molecule has 0 fully saturated rings. The van der Waals surface area contributed by atoms with Gasteiger partial charge in [-0.2, -0.15) is 8.42 Å². The number of hydrogen-bond donors (Lipinski definition) is 2. The first-order valence-corrected chi connectivity index (χ1v) is 3.87. The molecule has 0 saturated carbocycles. The quantitative estimate of drug-likeness (QED) is 0.241. The van der Waals surface area contributed by atoms with Crippen LogP contribution in [-0.4, -0.2) is 39.9 Å². The number of tetrazole rings is 1. The van der Waals surface area contributed by atoms with Gasteiger partial charge in [0.15, 0.2) is 0 Å². The molecule has 0 aliphatic heterocycles. The van der Waals surface area contributed by atoms with Crippen LogP contribution in [0.4, 0.5) is 0 Å². The van der Waals surface area contributed by atoms with E-state index in [1.807, 2.05) is 0 Å². The van der Waals surface area contributed by atoms with Crippen LogP contribution in [0.1, 0.15) is 0 Å². The van der Waals surface area contributed by atoms with Crippen molar-refractivity contribution in [3.8, 4) is 0 Å². The Balaban J connectivity index is 0. The molecule has 0 amide bonds. The Kier molecular flexibility index (Phi) is 8.23. The van der Waals surface area contributed by atoms with Gasteiger partial charge in [0.1, 0.15) is 0 Å². The second kappa shape index (κ2) is 6.68. The zero-order valence-corrected chi connectivity index (χ0v) is 8.83. The van der Waals surface area contributed by atoms with Crippen LogP contribution in [0.15, 0.2) is 0 Å². The number of H-pyrrole nitrogens is 1. The molecule has 0 atom stereocenters. The van der Waals surface area contributed by atoms with Gasteiger partial charge in [0.05, 0.1) is 6.26 Å². The van der Waals surface area contributed by atoms with Crippen molar-refractivity contribution < 1.29 is 42.5 Å². The van der Waals surface area contributed by atoms with E-state index in [0.717, 1.165) is 0 Å². The molecule has 0 spiro atoms. The number of aromatic nitrogens is 4. The molecule has 0 aliphatic rings. The molecule has 0 aromatic carbocycles.